The first-order chi connectivity index (χ1) is 8.44. The Morgan fingerprint density at radius 3 is 2.39 bits per heavy atom. The van der Waals surface area contributed by atoms with Crippen molar-refractivity contribution in [3.05, 3.63) is 0 Å². The van der Waals surface area contributed by atoms with Gasteiger partial charge in [-0.25, -0.2) is 0 Å². The number of hydrogen-bond acceptors (Lipinski definition) is 6. The molecule has 0 aromatic carbocycles. The van der Waals surface area contributed by atoms with Gasteiger partial charge in [-0.05, 0) is 13.8 Å². The molecule has 108 valence electrons. The summed E-state index contributed by atoms with van der Waals surface area (Å²) in [5.74, 6) is -0.436. The number of nitrogens with two attached hydrogens (primary N) is 1. The lowest BCUT2D eigenvalue weighted by Gasteiger charge is -2.25. The van der Waals surface area contributed by atoms with Gasteiger partial charge in [0.2, 0.25) is 0 Å². The highest BCUT2D eigenvalue weighted by molar-refractivity contribution is 5.79. The molecule has 0 rings (SSSR count). The van der Waals surface area contributed by atoms with E-state index in [1.54, 1.807) is 14.0 Å². The van der Waals surface area contributed by atoms with E-state index in [1.807, 2.05) is 6.92 Å². The predicted octanol–water partition coefficient (Wildman–Crippen LogP) is 0.335. The van der Waals surface area contributed by atoms with Crippen molar-refractivity contribution in [2.45, 2.75) is 31.9 Å². The molecule has 0 aromatic heterocycles. The molecule has 0 aliphatic carbocycles. The first-order valence-corrected chi connectivity index (χ1v) is 5.99. The summed E-state index contributed by atoms with van der Waals surface area (Å²) in [6, 6.07) is 0. The third-order valence-corrected chi connectivity index (χ3v) is 2.43. The minimum atomic E-state index is -1.02. The maximum atomic E-state index is 11.4. The van der Waals surface area contributed by atoms with Crippen LogP contribution in [0.2, 0.25) is 0 Å². The third-order valence-electron chi connectivity index (χ3n) is 2.43. The molecular weight excluding hydrogens is 238 g/mol. The summed E-state index contributed by atoms with van der Waals surface area (Å²) in [5, 5.41) is 0. The molecule has 6 heteroatoms. The largest absolute Gasteiger partial charge is 0.468 e. The number of esters is 1. The lowest BCUT2D eigenvalue weighted by Crippen LogP contribution is -2.48. The molecule has 0 aromatic rings. The number of hydrogen-bond donors (Lipinski definition) is 1. The Labute approximate surface area is 109 Å². The zero-order valence-electron chi connectivity index (χ0n) is 11.7. The first kappa shape index (κ1) is 17.3. The van der Waals surface area contributed by atoms with Gasteiger partial charge in [-0.15, -0.1) is 0 Å². The second kappa shape index (κ2) is 9.27. The lowest BCUT2D eigenvalue weighted by atomic mass is 9.96. The summed E-state index contributed by atoms with van der Waals surface area (Å²) in [7, 11) is 2.94. The van der Waals surface area contributed by atoms with Gasteiger partial charge < -0.3 is 24.7 Å². The molecule has 0 spiro atoms. The molecule has 2 N–H and O–H groups in total. The van der Waals surface area contributed by atoms with Crippen LogP contribution in [0.25, 0.3) is 0 Å². The van der Waals surface area contributed by atoms with Gasteiger partial charge in [-0.3, -0.25) is 4.79 Å². The van der Waals surface area contributed by atoms with Crippen molar-refractivity contribution < 1.29 is 23.7 Å². The van der Waals surface area contributed by atoms with Crippen LogP contribution in [0.4, 0.5) is 0 Å². The minimum absolute atomic E-state index is 0.134. The van der Waals surface area contributed by atoms with Gasteiger partial charge in [0.25, 0.3) is 0 Å². The summed E-state index contributed by atoms with van der Waals surface area (Å²) in [6.45, 7) is 5.57. The summed E-state index contributed by atoms with van der Waals surface area (Å²) >= 11 is 0. The Morgan fingerprint density at radius 2 is 1.83 bits per heavy atom. The van der Waals surface area contributed by atoms with E-state index in [0.717, 1.165) is 0 Å². The highest BCUT2D eigenvalue weighted by atomic mass is 16.5. The number of rotatable bonds is 10. The van der Waals surface area contributed by atoms with E-state index in [4.69, 9.17) is 19.9 Å². The van der Waals surface area contributed by atoms with Crippen molar-refractivity contribution in [3.63, 3.8) is 0 Å². The van der Waals surface area contributed by atoms with Crippen LogP contribution in [0, 0.1) is 0 Å². The van der Waals surface area contributed by atoms with E-state index in [2.05, 4.69) is 4.74 Å². The summed E-state index contributed by atoms with van der Waals surface area (Å²) in [5.41, 5.74) is 4.82. The topological polar surface area (TPSA) is 80.0 Å². The van der Waals surface area contributed by atoms with E-state index in [-0.39, 0.29) is 6.10 Å². The molecule has 0 bridgehead atoms. The van der Waals surface area contributed by atoms with Crippen LogP contribution < -0.4 is 5.73 Å². The van der Waals surface area contributed by atoms with E-state index >= 15 is 0 Å². The quantitative estimate of drug-likeness (QED) is 0.452. The SMILES string of the molecule is COCCOCCOC(C)CC(C)(N)C(=O)OC. The molecule has 0 radical (unpaired) electrons. The van der Waals surface area contributed by atoms with Crippen LogP contribution >= 0.6 is 0 Å². The molecule has 0 fully saturated rings. The fourth-order valence-electron chi connectivity index (χ4n) is 1.53. The van der Waals surface area contributed by atoms with Crippen LogP contribution in [0.5, 0.6) is 0 Å². The van der Waals surface area contributed by atoms with Gasteiger partial charge in [0.1, 0.15) is 5.54 Å². The van der Waals surface area contributed by atoms with Gasteiger partial charge in [0.05, 0.1) is 39.6 Å². The second-order valence-corrected chi connectivity index (χ2v) is 4.40. The number of carbonyl (C=O) groups excluding carboxylic acids is 1. The molecule has 6 nitrogen and oxygen atoms in total. The first-order valence-electron chi connectivity index (χ1n) is 5.99. The number of ether oxygens (including phenoxy) is 4. The van der Waals surface area contributed by atoms with Crippen LogP contribution in [0.15, 0.2) is 0 Å². The summed E-state index contributed by atoms with van der Waals surface area (Å²) < 4.78 is 20.2. The standard InChI is InChI=1S/C12H25NO5/c1-10(9-12(2,13)11(14)16-4)18-8-7-17-6-5-15-3/h10H,5-9,13H2,1-4H3. The Hall–Kier alpha value is -0.690. The Balaban J connectivity index is 3.70. The molecule has 0 aliphatic rings. The average molecular weight is 263 g/mol. The van der Waals surface area contributed by atoms with Gasteiger partial charge in [0.15, 0.2) is 0 Å². The Bertz CT molecular complexity index is 233. The van der Waals surface area contributed by atoms with E-state index in [1.165, 1.54) is 7.11 Å². The third kappa shape index (κ3) is 7.60. The molecule has 0 amide bonds. The number of carbonyl (C=O) groups is 1. The van der Waals surface area contributed by atoms with E-state index in [0.29, 0.717) is 32.8 Å². The summed E-state index contributed by atoms with van der Waals surface area (Å²) in [4.78, 5) is 11.4. The Kier molecular flexibility index (Phi) is 8.91. The second-order valence-electron chi connectivity index (χ2n) is 4.40. The highest BCUT2D eigenvalue weighted by Gasteiger charge is 2.31. The van der Waals surface area contributed by atoms with Crippen molar-refractivity contribution in [2.24, 2.45) is 5.73 Å². The lowest BCUT2D eigenvalue weighted by molar-refractivity contribution is -0.148. The fraction of sp³-hybridized carbons (Fsp3) is 0.917. The predicted molar refractivity (Wildman–Crippen MR) is 67.3 cm³/mol. The molecule has 0 aliphatic heterocycles. The van der Waals surface area contributed by atoms with Gasteiger partial charge in [-0.1, -0.05) is 0 Å². The van der Waals surface area contributed by atoms with Gasteiger partial charge in [0, 0.05) is 13.5 Å². The Morgan fingerprint density at radius 1 is 1.22 bits per heavy atom. The smallest absolute Gasteiger partial charge is 0.325 e. The number of methoxy groups -OCH3 is 2. The van der Waals surface area contributed by atoms with E-state index in [9.17, 15) is 4.79 Å². The fourth-order valence-corrected chi connectivity index (χ4v) is 1.53. The molecular formula is C12H25NO5. The molecule has 18 heavy (non-hydrogen) atoms. The summed E-state index contributed by atoms with van der Waals surface area (Å²) in [6.07, 6.45) is 0.266. The maximum absolute atomic E-state index is 11.4. The zero-order chi connectivity index (χ0) is 14.0. The van der Waals surface area contributed by atoms with Gasteiger partial charge in [-0.2, -0.15) is 0 Å². The zero-order valence-corrected chi connectivity index (χ0v) is 11.7. The van der Waals surface area contributed by atoms with Crippen LogP contribution in [-0.4, -0.2) is 58.3 Å². The van der Waals surface area contributed by atoms with Crippen LogP contribution in [0.3, 0.4) is 0 Å². The monoisotopic (exact) mass is 263 g/mol. The molecule has 2 unspecified atom stereocenters. The molecule has 2 atom stereocenters. The highest BCUT2D eigenvalue weighted by Crippen LogP contribution is 2.13. The average Bonchev–Trinajstić information content (AvgIpc) is 2.31. The molecule has 0 saturated heterocycles. The van der Waals surface area contributed by atoms with Gasteiger partial charge >= 0.3 is 5.97 Å². The molecule has 0 saturated carbocycles. The van der Waals surface area contributed by atoms with Crippen LogP contribution in [-0.2, 0) is 23.7 Å². The van der Waals surface area contributed by atoms with E-state index < -0.39 is 11.5 Å². The van der Waals surface area contributed by atoms with Crippen LogP contribution in [0.1, 0.15) is 20.3 Å². The normalized spacial score (nSPS) is 16.1. The minimum Gasteiger partial charge on any atom is -0.468 e. The van der Waals surface area contributed by atoms with Crippen molar-refractivity contribution >= 4 is 5.97 Å². The van der Waals surface area contributed by atoms with Crippen molar-refractivity contribution in [1.82, 2.24) is 0 Å². The van der Waals surface area contributed by atoms with Crippen molar-refractivity contribution in [3.8, 4) is 0 Å². The maximum Gasteiger partial charge on any atom is 0.325 e. The van der Waals surface area contributed by atoms with Crippen molar-refractivity contribution in [1.29, 1.82) is 0 Å². The molecule has 0 heterocycles. The van der Waals surface area contributed by atoms with Crippen molar-refractivity contribution in [2.75, 3.05) is 40.6 Å².